The monoisotopic (exact) mass is 289 g/mol. The van der Waals surface area contributed by atoms with Crippen LogP contribution in [0.4, 0.5) is 6.01 Å². The highest BCUT2D eigenvalue weighted by Crippen LogP contribution is 2.25. The van der Waals surface area contributed by atoms with Gasteiger partial charge >= 0.3 is 0 Å². The summed E-state index contributed by atoms with van der Waals surface area (Å²) in [6, 6.07) is 8.71. The molecule has 0 aliphatic carbocycles. The van der Waals surface area contributed by atoms with Crippen molar-refractivity contribution in [2.45, 2.75) is 12.8 Å². The number of hydrogen-bond acceptors (Lipinski definition) is 5. The minimum Gasteiger partial charge on any atom is -0.423 e. The van der Waals surface area contributed by atoms with E-state index in [0.717, 1.165) is 55.8 Å². The van der Waals surface area contributed by atoms with Crippen molar-refractivity contribution >= 4 is 17.1 Å². The van der Waals surface area contributed by atoms with E-state index in [2.05, 4.69) is 15.2 Å². The van der Waals surface area contributed by atoms with Crippen LogP contribution in [-0.2, 0) is 4.74 Å². The van der Waals surface area contributed by atoms with Gasteiger partial charge in [-0.1, -0.05) is 12.1 Å². The summed E-state index contributed by atoms with van der Waals surface area (Å²) < 4.78 is 10.9. The van der Waals surface area contributed by atoms with Gasteiger partial charge < -0.3 is 19.4 Å². The lowest BCUT2D eigenvalue weighted by Crippen LogP contribution is -2.38. The van der Waals surface area contributed by atoms with Gasteiger partial charge in [-0.15, -0.1) is 0 Å². The third-order valence-corrected chi connectivity index (χ3v) is 4.08. The van der Waals surface area contributed by atoms with Crippen LogP contribution in [0.2, 0.25) is 0 Å². The van der Waals surface area contributed by atoms with Crippen molar-refractivity contribution in [2.75, 3.05) is 44.8 Å². The van der Waals surface area contributed by atoms with Gasteiger partial charge in [0.1, 0.15) is 5.52 Å². The number of para-hydroxylation sites is 2. The molecule has 0 spiro atoms. The second-order valence-electron chi connectivity index (χ2n) is 5.59. The van der Waals surface area contributed by atoms with Crippen molar-refractivity contribution in [1.82, 2.24) is 10.3 Å². The van der Waals surface area contributed by atoms with Gasteiger partial charge in [0.05, 0.1) is 6.61 Å². The Morgan fingerprint density at radius 1 is 1.33 bits per heavy atom. The Hall–Kier alpha value is -1.59. The minimum absolute atomic E-state index is 0.738. The number of aromatic nitrogens is 1. The molecule has 5 nitrogen and oxygen atoms in total. The first-order valence-corrected chi connectivity index (χ1v) is 7.67. The summed E-state index contributed by atoms with van der Waals surface area (Å²) >= 11 is 0. The molecule has 3 rings (SSSR count). The number of nitrogens with one attached hydrogen (secondary N) is 1. The molecule has 5 heteroatoms. The van der Waals surface area contributed by atoms with E-state index >= 15 is 0 Å². The number of piperidine rings is 1. The van der Waals surface area contributed by atoms with E-state index in [0.29, 0.717) is 0 Å². The van der Waals surface area contributed by atoms with Crippen molar-refractivity contribution in [1.29, 1.82) is 0 Å². The summed E-state index contributed by atoms with van der Waals surface area (Å²) in [6.45, 7) is 4.82. The quantitative estimate of drug-likeness (QED) is 0.827. The molecule has 0 atom stereocenters. The van der Waals surface area contributed by atoms with Crippen LogP contribution in [0.5, 0.6) is 0 Å². The molecule has 1 saturated heterocycles. The Morgan fingerprint density at radius 3 is 2.90 bits per heavy atom. The van der Waals surface area contributed by atoms with Crippen LogP contribution < -0.4 is 10.2 Å². The summed E-state index contributed by atoms with van der Waals surface area (Å²) in [6.07, 6.45) is 2.36. The Labute approximate surface area is 125 Å². The van der Waals surface area contributed by atoms with Crippen LogP contribution >= 0.6 is 0 Å². The van der Waals surface area contributed by atoms with Gasteiger partial charge in [0.15, 0.2) is 5.58 Å². The number of hydrogen-bond donors (Lipinski definition) is 1. The molecule has 1 aromatic heterocycles. The van der Waals surface area contributed by atoms with Gasteiger partial charge in [-0.25, -0.2) is 0 Å². The Morgan fingerprint density at radius 2 is 2.14 bits per heavy atom. The highest BCUT2D eigenvalue weighted by Gasteiger charge is 2.22. The molecule has 1 aromatic carbocycles. The molecule has 1 fully saturated rings. The fourth-order valence-electron chi connectivity index (χ4n) is 2.80. The lowest BCUT2D eigenvalue weighted by Gasteiger charge is -2.30. The van der Waals surface area contributed by atoms with E-state index < -0.39 is 0 Å². The van der Waals surface area contributed by atoms with Gasteiger partial charge in [0, 0.05) is 26.7 Å². The first-order chi connectivity index (χ1) is 10.4. The van der Waals surface area contributed by atoms with Crippen LogP contribution in [0.25, 0.3) is 11.1 Å². The van der Waals surface area contributed by atoms with Crippen molar-refractivity contribution in [3.63, 3.8) is 0 Å². The van der Waals surface area contributed by atoms with Gasteiger partial charge in [-0.2, -0.15) is 4.98 Å². The molecule has 1 N–H and O–H groups in total. The molecule has 21 heavy (non-hydrogen) atoms. The normalized spacial score (nSPS) is 16.7. The average molecular weight is 289 g/mol. The van der Waals surface area contributed by atoms with Crippen LogP contribution in [0.3, 0.4) is 0 Å². The first-order valence-electron chi connectivity index (χ1n) is 7.67. The summed E-state index contributed by atoms with van der Waals surface area (Å²) in [5.74, 6) is 0.738. The van der Waals surface area contributed by atoms with Gasteiger partial charge in [-0.05, 0) is 37.4 Å². The molecule has 0 saturated carbocycles. The fourth-order valence-corrected chi connectivity index (χ4v) is 2.80. The maximum Gasteiger partial charge on any atom is 0.298 e. The zero-order valence-electron chi connectivity index (χ0n) is 12.5. The Balaban J connectivity index is 1.51. The molecule has 1 aliphatic heterocycles. The smallest absolute Gasteiger partial charge is 0.298 e. The second-order valence-corrected chi connectivity index (χ2v) is 5.59. The summed E-state index contributed by atoms with van der Waals surface area (Å²) in [5.41, 5.74) is 1.81. The number of benzene rings is 1. The maximum atomic E-state index is 5.84. The second kappa shape index (κ2) is 6.91. The van der Waals surface area contributed by atoms with Crippen LogP contribution in [-0.4, -0.2) is 44.9 Å². The van der Waals surface area contributed by atoms with E-state index in [4.69, 9.17) is 9.15 Å². The van der Waals surface area contributed by atoms with Crippen LogP contribution in [0, 0.1) is 5.92 Å². The van der Waals surface area contributed by atoms with Gasteiger partial charge in [0.2, 0.25) is 0 Å². The number of methoxy groups -OCH3 is 1. The molecule has 1 aliphatic rings. The fraction of sp³-hybridized carbons (Fsp3) is 0.562. The van der Waals surface area contributed by atoms with E-state index in [9.17, 15) is 0 Å². The third kappa shape index (κ3) is 3.54. The average Bonchev–Trinajstić information content (AvgIpc) is 2.96. The third-order valence-electron chi connectivity index (χ3n) is 4.08. The molecule has 114 valence electrons. The summed E-state index contributed by atoms with van der Waals surface area (Å²) in [7, 11) is 1.74. The van der Waals surface area contributed by atoms with Crippen LogP contribution in [0.15, 0.2) is 28.7 Å². The van der Waals surface area contributed by atoms with Crippen molar-refractivity contribution in [2.24, 2.45) is 5.92 Å². The molecular formula is C16H23N3O2. The largest absolute Gasteiger partial charge is 0.423 e. The summed E-state index contributed by atoms with van der Waals surface area (Å²) in [4.78, 5) is 6.83. The predicted octanol–water partition coefficient (Wildman–Crippen LogP) is 2.28. The number of ether oxygens (including phenoxy) is 1. The molecular weight excluding hydrogens is 266 g/mol. The number of fused-ring (bicyclic) bond motifs is 1. The van der Waals surface area contributed by atoms with Crippen molar-refractivity contribution < 1.29 is 9.15 Å². The maximum absolute atomic E-state index is 5.84. The molecule has 0 amide bonds. The van der Waals surface area contributed by atoms with Gasteiger partial charge in [-0.3, -0.25) is 0 Å². The number of rotatable bonds is 6. The zero-order valence-corrected chi connectivity index (χ0v) is 12.5. The number of oxazole rings is 1. The standard InChI is InChI=1S/C16H23N3O2/c1-20-11-8-17-12-13-6-9-19(10-7-13)16-18-14-4-2-3-5-15(14)21-16/h2-5,13,17H,6-12H2,1H3. The minimum atomic E-state index is 0.738. The van der Waals surface area contributed by atoms with Crippen LogP contribution in [0.1, 0.15) is 12.8 Å². The number of nitrogens with zero attached hydrogens (tertiary/aromatic N) is 2. The number of anilines is 1. The van der Waals surface area contributed by atoms with Gasteiger partial charge in [0.25, 0.3) is 6.01 Å². The topological polar surface area (TPSA) is 50.5 Å². The van der Waals surface area contributed by atoms with E-state index in [1.165, 1.54) is 12.8 Å². The van der Waals surface area contributed by atoms with E-state index in [-0.39, 0.29) is 0 Å². The van der Waals surface area contributed by atoms with E-state index in [1.807, 2.05) is 24.3 Å². The van der Waals surface area contributed by atoms with Crippen molar-refractivity contribution in [3.05, 3.63) is 24.3 Å². The molecule has 2 aromatic rings. The summed E-state index contributed by atoms with van der Waals surface area (Å²) in [5, 5.41) is 3.45. The predicted molar refractivity (Wildman–Crippen MR) is 83.7 cm³/mol. The first kappa shape index (κ1) is 14.4. The zero-order chi connectivity index (χ0) is 14.5. The highest BCUT2D eigenvalue weighted by atomic mass is 16.5. The molecule has 0 radical (unpaired) electrons. The lowest BCUT2D eigenvalue weighted by atomic mass is 9.97. The van der Waals surface area contributed by atoms with Crippen molar-refractivity contribution in [3.8, 4) is 0 Å². The molecule has 2 heterocycles. The Bertz CT molecular complexity index is 528. The molecule has 0 unspecified atom stereocenters. The highest BCUT2D eigenvalue weighted by molar-refractivity contribution is 5.74. The molecule has 0 bridgehead atoms. The van der Waals surface area contributed by atoms with E-state index in [1.54, 1.807) is 7.11 Å². The lowest BCUT2D eigenvalue weighted by molar-refractivity contribution is 0.196. The Kier molecular flexibility index (Phi) is 4.72. The SMILES string of the molecule is COCCNCC1CCN(c2nc3ccccc3o2)CC1.